The molecule has 0 rings (SSSR count). The molecule has 0 heterocycles. The lowest BCUT2D eigenvalue weighted by atomic mass is 10.2. The molecule has 20 heavy (non-hydrogen) atoms. The van der Waals surface area contributed by atoms with Crippen LogP contribution >= 0.6 is 0 Å². The number of carbonyl (C=O) groups excluding carboxylic acids is 1. The summed E-state index contributed by atoms with van der Waals surface area (Å²) in [5, 5.41) is 0. The molecule has 0 aliphatic rings. The maximum absolute atomic E-state index is 12.3. The first-order valence-corrected chi connectivity index (χ1v) is 17.4. The van der Waals surface area contributed by atoms with Crippen LogP contribution in [0.4, 0.5) is 0 Å². The van der Waals surface area contributed by atoms with Crippen molar-refractivity contribution in [1.82, 2.24) is 0 Å². The van der Waals surface area contributed by atoms with Gasteiger partial charge in [0, 0.05) is 13.2 Å². The van der Waals surface area contributed by atoms with E-state index in [-0.39, 0.29) is 11.9 Å². The summed E-state index contributed by atoms with van der Waals surface area (Å²) in [6.07, 6.45) is 0. The molecule has 0 saturated carbocycles. The van der Waals surface area contributed by atoms with Crippen molar-refractivity contribution in [2.75, 3.05) is 13.2 Å². The van der Waals surface area contributed by atoms with Crippen molar-refractivity contribution in [1.29, 1.82) is 0 Å². The van der Waals surface area contributed by atoms with Crippen LogP contribution in [0, 0.1) is 5.92 Å². The van der Waals surface area contributed by atoms with E-state index in [2.05, 4.69) is 39.3 Å². The lowest BCUT2D eigenvalue weighted by molar-refractivity contribution is -0.142. The van der Waals surface area contributed by atoms with Gasteiger partial charge in [0.1, 0.15) is 0 Å². The van der Waals surface area contributed by atoms with Crippen LogP contribution in [0.1, 0.15) is 0 Å². The summed E-state index contributed by atoms with van der Waals surface area (Å²) in [4.78, 5) is 12.3. The number of rotatable bonds is 8. The Hall–Kier alpha value is 0.0406. The third-order valence-corrected chi connectivity index (χ3v) is 5.05. The Morgan fingerprint density at radius 1 is 0.750 bits per heavy atom. The van der Waals surface area contributed by atoms with E-state index in [1.807, 2.05) is 19.6 Å². The second-order valence-corrected chi connectivity index (χ2v) is 21.5. The SMILES string of the molecule is C[Si](C)(C)OCC(CO[Si](C)(C)C)C(=O)O[Si](C)(C)C. The molecule has 0 unspecified atom stereocenters. The molecule has 0 aromatic carbocycles. The van der Waals surface area contributed by atoms with Gasteiger partial charge in [-0.1, -0.05) is 0 Å². The number of carbonyl (C=O) groups is 1. The average molecular weight is 337 g/mol. The Morgan fingerprint density at radius 3 is 1.35 bits per heavy atom. The fourth-order valence-corrected chi connectivity index (χ4v) is 3.44. The summed E-state index contributed by atoms with van der Waals surface area (Å²) in [6.45, 7) is 19.6. The van der Waals surface area contributed by atoms with Gasteiger partial charge in [-0.3, -0.25) is 4.79 Å². The van der Waals surface area contributed by atoms with Gasteiger partial charge in [0.05, 0.1) is 5.92 Å². The molecular weight excluding hydrogens is 304 g/mol. The van der Waals surface area contributed by atoms with Gasteiger partial charge in [0.25, 0.3) is 5.97 Å². The van der Waals surface area contributed by atoms with Crippen LogP contribution in [0.5, 0.6) is 0 Å². The van der Waals surface area contributed by atoms with E-state index in [1.54, 1.807) is 0 Å². The molecule has 0 aliphatic heterocycles. The van der Waals surface area contributed by atoms with Crippen LogP contribution in [0.25, 0.3) is 0 Å². The molecule has 7 heteroatoms. The smallest absolute Gasteiger partial charge is 0.300 e. The Balaban J connectivity index is 4.65. The largest absolute Gasteiger partial charge is 0.520 e. The van der Waals surface area contributed by atoms with E-state index in [4.69, 9.17) is 13.3 Å². The summed E-state index contributed by atoms with van der Waals surface area (Å²) in [5.74, 6) is -0.471. The molecule has 0 radical (unpaired) electrons. The quantitative estimate of drug-likeness (QED) is 0.634. The van der Waals surface area contributed by atoms with E-state index in [0.717, 1.165) is 0 Å². The highest BCUT2D eigenvalue weighted by molar-refractivity contribution is 6.71. The second kappa shape index (κ2) is 7.35. The van der Waals surface area contributed by atoms with Crippen molar-refractivity contribution in [3.05, 3.63) is 0 Å². The maximum Gasteiger partial charge on any atom is 0.300 e. The number of hydrogen-bond acceptors (Lipinski definition) is 4. The van der Waals surface area contributed by atoms with Crippen molar-refractivity contribution in [3.63, 3.8) is 0 Å². The Kier molecular flexibility index (Phi) is 7.36. The van der Waals surface area contributed by atoms with Gasteiger partial charge >= 0.3 is 0 Å². The molecular formula is C13H32O4Si3. The molecule has 0 aromatic rings. The van der Waals surface area contributed by atoms with Crippen molar-refractivity contribution in [3.8, 4) is 0 Å². The third-order valence-electron chi connectivity index (χ3n) is 2.18. The van der Waals surface area contributed by atoms with E-state index >= 15 is 0 Å². The lowest BCUT2D eigenvalue weighted by Gasteiger charge is -2.27. The summed E-state index contributed by atoms with van der Waals surface area (Å²) >= 11 is 0. The molecule has 120 valence electrons. The molecule has 0 amide bonds. The first-order valence-electron chi connectivity index (χ1n) is 7.20. The zero-order valence-corrected chi connectivity index (χ0v) is 17.6. The second-order valence-electron chi connectivity index (χ2n) is 8.08. The highest BCUT2D eigenvalue weighted by atomic mass is 28.4. The van der Waals surface area contributed by atoms with Crippen LogP contribution < -0.4 is 0 Å². The third kappa shape index (κ3) is 11.8. The molecule has 0 aromatic heterocycles. The maximum atomic E-state index is 12.3. The first-order chi connectivity index (χ1) is 8.70. The van der Waals surface area contributed by atoms with Gasteiger partial charge in [-0.25, -0.2) is 0 Å². The molecule has 0 fully saturated rings. The van der Waals surface area contributed by atoms with E-state index in [0.29, 0.717) is 13.2 Å². The molecule has 0 spiro atoms. The van der Waals surface area contributed by atoms with Gasteiger partial charge < -0.3 is 13.3 Å². The van der Waals surface area contributed by atoms with Crippen LogP contribution in [-0.2, 0) is 18.1 Å². The summed E-state index contributed by atoms with van der Waals surface area (Å²) in [6, 6.07) is 0. The van der Waals surface area contributed by atoms with Crippen LogP contribution in [-0.4, -0.2) is 44.1 Å². The molecule has 0 saturated heterocycles. The zero-order valence-electron chi connectivity index (χ0n) is 14.6. The summed E-state index contributed by atoms with van der Waals surface area (Å²) < 4.78 is 17.4. The molecule has 0 aliphatic carbocycles. The minimum Gasteiger partial charge on any atom is -0.520 e. The van der Waals surface area contributed by atoms with Crippen molar-refractivity contribution >= 4 is 30.9 Å². The lowest BCUT2D eigenvalue weighted by Crippen LogP contribution is -2.40. The number of hydrogen-bond donors (Lipinski definition) is 0. The average Bonchev–Trinajstić information content (AvgIpc) is 2.10. The van der Waals surface area contributed by atoms with Crippen LogP contribution in [0.2, 0.25) is 58.9 Å². The first kappa shape index (κ1) is 20.0. The normalized spacial score (nSPS) is 13.7. The summed E-state index contributed by atoms with van der Waals surface area (Å²) in [7, 11) is -5.15. The zero-order chi connectivity index (χ0) is 16.2. The van der Waals surface area contributed by atoms with Gasteiger partial charge in [0.2, 0.25) is 8.32 Å². The predicted octanol–water partition coefficient (Wildman–Crippen LogP) is 3.68. The van der Waals surface area contributed by atoms with Gasteiger partial charge in [-0.2, -0.15) is 0 Å². The van der Waals surface area contributed by atoms with Gasteiger partial charge in [-0.05, 0) is 58.9 Å². The van der Waals surface area contributed by atoms with Crippen molar-refractivity contribution < 1.29 is 18.1 Å². The van der Waals surface area contributed by atoms with Gasteiger partial charge in [0.15, 0.2) is 16.6 Å². The Bertz CT molecular complexity index is 295. The van der Waals surface area contributed by atoms with Crippen molar-refractivity contribution in [2.24, 2.45) is 5.92 Å². The standard InChI is InChI=1S/C13H32O4Si3/c1-18(2,3)15-10-12(11-16-19(4,5)6)13(14)17-20(7,8)9/h12H,10-11H2,1-9H3. The minimum atomic E-state index is -1.87. The molecule has 0 atom stereocenters. The molecule has 0 bridgehead atoms. The predicted molar refractivity (Wildman–Crippen MR) is 91.5 cm³/mol. The monoisotopic (exact) mass is 336 g/mol. The molecule has 0 N–H and O–H groups in total. The summed E-state index contributed by atoms with van der Waals surface area (Å²) in [5.41, 5.74) is 0. The van der Waals surface area contributed by atoms with E-state index in [1.165, 1.54) is 0 Å². The Morgan fingerprint density at radius 2 is 1.10 bits per heavy atom. The van der Waals surface area contributed by atoms with Crippen LogP contribution in [0.15, 0.2) is 0 Å². The highest BCUT2D eigenvalue weighted by Crippen LogP contribution is 2.15. The molecule has 4 nitrogen and oxygen atoms in total. The van der Waals surface area contributed by atoms with Crippen molar-refractivity contribution in [2.45, 2.75) is 58.9 Å². The topological polar surface area (TPSA) is 44.8 Å². The fourth-order valence-electron chi connectivity index (χ4n) is 1.27. The van der Waals surface area contributed by atoms with E-state index in [9.17, 15) is 4.79 Å². The van der Waals surface area contributed by atoms with Crippen LogP contribution in [0.3, 0.4) is 0 Å². The fraction of sp³-hybridized carbons (Fsp3) is 0.923. The highest BCUT2D eigenvalue weighted by Gasteiger charge is 2.30. The minimum absolute atomic E-state index is 0.166. The van der Waals surface area contributed by atoms with E-state index < -0.39 is 25.0 Å². The Labute approximate surface area is 127 Å². The van der Waals surface area contributed by atoms with Gasteiger partial charge in [-0.15, -0.1) is 0 Å².